The van der Waals surface area contributed by atoms with Gasteiger partial charge in [0.2, 0.25) is 0 Å². The number of benzene rings is 1. The van der Waals surface area contributed by atoms with Gasteiger partial charge in [0, 0.05) is 29.2 Å². The molecule has 0 aliphatic heterocycles. The van der Waals surface area contributed by atoms with E-state index >= 15 is 0 Å². The lowest BCUT2D eigenvalue weighted by atomic mass is 10.2. The SMILES string of the molecule is Cc1cc(=O)c(CO)cn1-c1ccc(F)c(Cl)c1. The Morgan fingerprint density at radius 3 is 2.72 bits per heavy atom. The standard InChI is InChI=1S/C13H11ClFNO2/c1-8-4-13(18)9(7-17)6-16(8)10-2-3-12(15)11(14)5-10/h2-6,17H,7H2,1H3. The van der Waals surface area contributed by atoms with Gasteiger partial charge in [0.15, 0.2) is 5.43 Å². The number of hydrogen-bond acceptors (Lipinski definition) is 2. The first-order chi connectivity index (χ1) is 8.52. The molecule has 1 aromatic heterocycles. The highest BCUT2D eigenvalue weighted by Gasteiger charge is 2.07. The number of nitrogens with zero attached hydrogens (tertiary/aromatic N) is 1. The van der Waals surface area contributed by atoms with E-state index in [4.69, 9.17) is 16.7 Å². The van der Waals surface area contributed by atoms with Crippen molar-refractivity contribution >= 4 is 11.6 Å². The highest BCUT2D eigenvalue weighted by molar-refractivity contribution is 6.30. The molecule has 0 spiro atoms. The molecule has 1 heterocycles. The minimum Gasteiger partial charge on any atom is -0.391 e. The molecule has 0 aliphatic carbocycles. The van der Waals surface area contributed by atoms with E-state index in [0.717, 1.165) is 0 Å². The van der Waals surface area contributed by atoms with Gasteiger partial charge in [-0.3, -0.25) is 4.79 Å². The van der Waals surface area contributed by atoms with Crippen molar-refractivity contribution in [1.29, 1.82) is 0 Å². The van der Waals surface area contributed by atoms with Crippen molar-refractivity contribution in [3.63, 3.8) is 0 Å². The monoisotopic (exact) mass is 267 g/mol. The van der Waals surface area contributed by atoms with Gasteiger partial charge < -0.3 is 9.67 Å². The summed E-state index contributed by atoms with van der Waals surface area (Å²) < 4.78 is 14.8. The van der Waals surface area contributed by atoms with Crippen LogP contribution in [0.3, 0.4) is 0 Å². The van der Waals surface area contributed by atoms with Crippen LogP contribution in [0.5, 0.6) is 0 Å². The van der Waals surface area contributed by atoms with E-state index in [1.165, 1.54) is 24.4 Å². The third-order valence-electron chi connectivity index (χ3n) is 2.67. The summed E-state index contributed by atoms with van der Waals surface area (Å²) in [5.74, 6) is -0.499. The van der Waals surface area contributed by atoms with E-state index < -0.39 is 5.82 Å². The molecule has 0 aliphatic rings. The molecule has 0 unspecified atom stereocenters. The summed E-state index contributed by atoms with van der Waals surface area (Å²) in [6.07, 6.45) is 1.53. The number of aliphatic hydroxyl groups excluding tert-OH is 1. The maximum Gasteiger partial charge on any atom is 0.187 e. The smallest absolute Gasteiger partial charge is 0.187 e. The van der Waals surface area contributed by atoms with Gasteiger partial charge >= 0.3 is 0 Å². The molecule has 0 amide bonds. The number of pyridine rings is 1. The zero-order valence-corrected chi connectivity index (χ0v) is 10.4. The van der Waals surface area contributed by atoms with Gasteiger partial charge in [-0.25, -0.2) is 4.39 Å². The molecule has 0 radical (unpaired) electrons. The van der Waals surface area contributed by atoms with Crippen LogP contribution in [0.1, 0.15) is 11.3 Å². The van der Waals surface area contributed by atoms with Crippen LogP contribution in [0.15, 0.2) is 35.3 Å². The zero-order chi connectivity index (χ0) is 13.3. The minimum atomic E-state index is -0.499. The highest BCUT2D eigenvalue weighted by Crippen LogP contribution is 2.19. The molecule has 0 bridgehead atoms. The molecular weight excluding hydrogens is 257 g/mol. The molecule has 0 saturated heterocycles. The van der Waals surface area contributed by atoms with E-state index in [2.05, 4.69) is 0 Å². The summed E-state index contributed by atoms with van der Waals surface area (Å²) in [6, 6.07) is 5.70. The Kier molecular flexibility index (Phi) is 3.50. The van der Waals surface area contributed by atoms with Gasteiger partial charge in [0.05, 0.1) is 11.6 Å². The lowest BCUT2D eigenvalue weighted by Gasteiger charge is -2.12. The fraction of sp³-hybridized carbons (Fsp3) is 0.154. The lowest BCUT2D eigenvalue weighted by molar-refractivity contribution is 0.280. The highest BCUT2D eigenvalue weighted by atomic mass is 35.5. The summed E-state index contributed by atoms with van der Waals surface area (Å²) in [5.41, 5.74) is 1.37. The Bertz CT molecular complexity index is 652. The van der Waals surface area contributed by atoms with E-state index in [-0.39, 0.29) is 22.6 Å². The maximum atomic E-state index is 13.1. The van der Waals surface area contributed by atoms with Crippen LogP contribution in [-0.2, 0) is 6.61 Å². The van der Waals surface area contributed by atoms with Crippen LogP contribution < -0.4 is 5.43 Å². The third kappa shape index (κ3) is 2.30. The average molecular weight is 268 g/mol. The molecule has 2 rings (SSSR count). The molecule has 2 aromatic rings. The number of hydrogen-bond donors (Lipinski definition) is 1. The molecule has 1 N–H and O–H groups in total. The molecule has 3 nitrogen and oxygen atoms in total. The Hall–Kier alpha value is -1.65. The molecule has 0 fully saturated rings. The summed E-state index contributed by atoms with van der Waals surface area (Å²) in [6.45, 7) is 1.41. The molecule has 1 aromatic carbocycles. The van der Waals surface area contributed by atoms with Crippen molar-refractivity contribution in [2.24, 2.45) is 0 Å². The quantitative estimate of drug-likeness (QED) is 0.908. The van der Waals surface area contributed by atoms with E-state index in [9.17, 15) is 9.18 Å². The van der Waals surface area contributed by atoms with E-state index in [1.54, 1.807) is 17.6 Å². The Labute approximate surface area is 108 Å². The number of aliphatic hydroxyl groups is 1. The minimum absolute atomic E-state index is 0.0103. The first kappa shape index (κ1) is 12.8. The van der Waals surface area contributed by atoms with Crippen molar-refractivity contribution in [1.82, 2.24) is 4.57 Å². The van der Waals surface area contributed by atoms with Gasteiger partial charge in [0.1, 0.15) is 5.82 Å². The summed E-state index contributed by atoms with van der Waals surface area (Å²) >= 11 is 5.72. The second-order valence-electron chi connectivity index (χ2n) is 3.93. The second kappa shape index (κ2) is 4.92. The van der Waals surface area contributed by atoms with Crippen molar-refractivity contribution in [2.45, 2.75) is 13.5 Å². The summed E-state index contributed by atoms with van der Waals surface area (Å²) in [7, 11) is 0. The number of aromatic nitrogens is 1. The number of halogens is 2. The number of aryl methyl sites for hydroxylation is 1. The normalized spacial score (nSPS) is 10.7. The van der Waals surface area contributed by atoms with Crippen molar-refractivity contribution < 1.29 is 9.50 Å². The average Bonchev–Trinajstić information content (AvgIpc) is 2.33. The van der Waals surface area contributed by atoms with Gasteiger partial charge in [0.25, 0.3) is 0 Å². The fourth-order valence-corrected chi connectivity index (χ4v) is 1.88. The number of rotatable bonds is 2. The molecule has 18 heavy (non-hydrogen) atoms. The van der Waals surface area contributed by atoms with Crippen molar-refractivity contribution in [3.8, 4) is 5.69 Å². The second-order valence-corrected chi connectivity index (χ2v) is 4.34. The molecule has 5 heteroatoms. The first-order valence-corrected chi connectivity index (χ1v) is 5.69. The van der Waals surface area contributed by atoms with Crippen LogP contribution in [0.4, 0.5) is 4.39 Å². The third-order valence-corrected chi connectivity index (χ3v) is 2.96. The molecular formula is C13H11ClFNO2. The molecule has 94 valence electrons. The van der Waals surface area contributed by atoms with E-state index in [1.807, 2.05) is 0 Å². The van der Waals surface area contributed by atoms with Gasteiger partial charge in [-0.2, -0.15) is 0 Å². The van der Waals surface area contributed by atoms with Crippen LogP contribution >= 0.6 is 11.6 Å². The molecule has 0 atom stereocenters. The Balaban J connectivity index is 2.63. The first-order valence-electron chi connectivity index (χ1n) is 5.31. The van der Waals surface area contributed by atoms with Gasteiger partial charge in [-0.1, -0.05) is 11.6 Å². The largest absolute Gasteiger partial charge is 0.391 e. The van der Waals surface area contributed by atoms with Crippen LogP contribution in [0.2, 0.25) is 5.02 Å². The fourth-order valence-electron chi connectivity index (χ4n) is 1.71. The van der Waals surface area contributed by atoms with Crippen molar-refractivity contribution in [3.05, 3.63) is 62.8 Å². The predicted molar refractivity (Wildman–Crippen MR) is 67.7 cm³/mol. The zero-order valence-electron chi connectivity index (χ0n) is 9.65. The molecule has 0 saturated carbocycles. The Morgan fingerprint density at radius 2 is 2.11 bits per heavy atom. The Morgan fingerprint density at radius 1 is 1.39 bits per heavy atom. The van der Waals surface area contributed by atoms with Crippen LogP contribution in [0.25, 0.3) is 5.69 Å². The van der Waals surface area contributed by atoms with Gasteiger partial charge in [-0.15, -0.1) is 0 Å². The maximum absolute atomic E-state index is 13.1. The van der Waals surface area contributed by atoms with Crippen LogP contribution in [0, 0.1) is 12.7 Å². The summed E-state index contributed by atoms with van der Waals surface area (Å²) in [5, 5.41) is 9.09. The van der Waals surface area contributed by atoms with Crippen molar-refractivity contribution in [2.75, 3.05) is 0 Å². The lowest BCUT2D eigenvalue weighted by Crippen LogP contribution is -2.14. The predicted octanol–water partition coefficient (Wildman–Crippen LogP) is 2.43. The summed E-state index contributed by atoms with van der Waals surface area (Å²) in [4.78, 5) is 11.5. The van der Waals surface area contributed by atoms with Gasteiger partial charge in [-0.05, 0) is 25.1 Å². The topological polar surface area (TPSA) is 42.2 Å². The van der Waals surface area contributed by atoms with E-state index in [0.29, 0.717) is 11.4 Å². The van der Waals surface area contributed by atoms with Crippen LogP contribution in [-0.4, -0.2) is 9.67 Å².